The van der Waals surface area contributed by atoms with Gasteiger partial charge in [0.2, 0.25) is 6.79 Å². The molecular formula is C39H37ClN4O5. The Bertz CT molecular complexity index is 2090. The van der Waals surface area contributed by atoms with Gasteiger partial charge in [-0.1, -0.05) is 30.3 Å². The average Bonchev–Trinajstić information content (AvgIpc) is 3.81. The fourth-order valence-electron chi connectivity index (χ4n) is 7.16. The number of benzene rings is 4. The van der Waals surface area contributed by atoms with Gasteiger partial charge in [-0.3, -0.25) is 19.4 Å². The van der Waals surface area contributed by atoms with Crippen LogP contribution < -0.4 is 14.4 Å². The zero-order valence-corrected chi connectivity index (χ0v) is 28.4. The van der Waals surface area contributed by atoms with Gasteiger partial charge in [-0.15, -0.1) is 12.4 Å². The molecular weight excluding hydrogens is 640 g/mol. The van der Waals surface area contributed by atoms with Gasteiger partial charge in [-0.2, -0.15) is 0 Å². The number of phenols is 1. The first-order valence-corrected chi connectivity index (χ1v) is 16.2. The maximum atomic E-state index is 14.5. The van der Waals surface area contributed by atoms with Crippen molar-refractivity contribution in [3.8, 4) is 22.9 Å². The fourth-order valence-corrected chi connectivity index (χ4v) is 7.16. The highest BCUT2D eigenvalue weighted by molar-refractivity contribution is 6.11. The Hall–Kier alpha value is -5.25. The summed E-state index contributed by atoms with van der Waals surface area (Å²) in [6, 6.07) is 26.4. The number of carbonyl (C=O) groups excluding carboxylic acids is 2. The molecule has 2 amide bonds. The monoisotopic (exact) mass is 676 g/mol. The lowest BCUT2D eigenvalue weighted by molar-refractivity contribution is 0.0657. The summed E-state index contributed by atoms with van der Waals surface area (Å²) in [6.45, 7) is 6.25. The highest BCUT2D eigenvalue weighted by Crippen LogP contribution is 2.39. The predicted molar refractivity (Wildman–Crippen MR) is 190 cm³/mol. The molecule has 0 saturated heterocycles. The van der Waals surface area contributed by atoms with E-state index in [1.807, 2.05) is 46.7 Å². The minimum absolute atomic E-state index is 0. The molecule has 1 N–H and O–H groups in total. The second-order valence-electron chi connectivity index (χ2n) is 13.0. The minimum Gasteiger partial charge on any atom is -0.508 e. The highest BCUT2D eigenvalue weighted by atomic mass is 35.5. The van der Waals surface area contributed by atoms with Gasteiger partial charge in [-0.05, 0) is 98.1 Å². The van der Waals surface area contributed by atoms with Crippen molar-refractivity contribution in [2.75, 3.05) is 18.7 Å². The standard InChI is InChI=1S/C39H36N4O5.ClH/c1-24-15-30(38(45)43(31-10-12-33(44)13-11-31)32-9-8-28-19-40(3)20-29(28)16-32)22-41(24)35-18-37-36(47-23-48-37)17-34(35)39(46)42-21-27-7-5-4-6-26(27)14-25(42)2;/h4-13,15-18,22,25,44H,14,19-21,23H2,1-3H3;1H/t25-;/m1./s1. The summed E-state index contributed by atoms with van der Waals surface area (Å²) in [5.41, 5.74) is 8.52. The number of aromatic hydroxyl groups is 1. The van der Waals surface area contributed by atoms with E-state index in [4.69, 9.17) is 9.47 Å². The van der Waals surface area contributed by atoms with Crippen LogP contribution >= 0.6 is 12.4 Å². The quantitative estimate of drug-likeness (QED) is 0.213. The van der Waals surface area contributed by atoms with Crippen LogP contribution in [0.3, 0.4) is 0 Å². The van der Waals surface area contributed by atoms with Crippen LogP contribution in [0.15, 0.2) is 91.1 Å². The predicted octanol–water partition coefficient (Wildman–Crippen LogP) is 7.15. The first-order chi connectivity index (χ1) is 23.2. The van der Waals surface area contributed by atoms with Crippen molar-refractivity contribution in [1.82, 2.24) is 14.4 Å². The smallest absolute Gasteiger partial charge is 0.264 e. The Morgan fingerprint density at radius 2 is 1.49 bits per heavy atom. The van der Waals surface area contributed by atoms with E-state index < -0.39 is 0 Å². The molecule has 4 aromatic carbocycles. The number of phenolic OH excluding ortho intramolecular Hbond substituents is 1. The molecule has 0 unspecified atom stereocenters. The first-order valence-electron chi connectivity index (χ1n) is 16.2. The van der Waals surface area contributed by atoms with E-state index in [2.05, 4.69) is 43.1 Å². The van der Waals surface area contributed by atoms with Gasteiger partial charge in [-0.25, -0.2) is 0 Å². The van der Waals surface area contributed by atoms with E-state index in [0.717, 1.165) is 36.5 Å². The molecule has 250 valence electrons. The van der Waals surface area contributed by atoms with Crippen LogP contribution in [0.4, 0.5) is 11.4 Å². The SMILES string of the molecule is Cc1cc(C(=O)N(c2ccc(O)cc2)c2ccc3c(c2)CN(C)C3)cn1-c1cc2c(cc1C(=O)N1Cc3ccccc3C[C@H]1C)OCO2.Cl. The number of nitrogens with zero attached hydrogens (tertiary/aromatic N) is 4. The molecule has 3 aliphatic rings. The summed E-state index contributed by atoms with van der Waals surface area (Å²) >= 11 is 0. The number of hydrogen-bond donors (Lipinski definition) is 1. The first kappa shape index (κ1) is 32.3. The molecule has 0 bridgehead atoms. The van der Waals surface area contributed by atoms with Crippen LogP contribution in [0.5, 0.6) is 17.2 Å². The number of aryl methyl sites for hydroxylation is 1. The van der Waals surface area contributed by atoms with Crippen molar-refractivity contribution in [3.63, 3.8) is 0 Å². The van der Waals surface area contributed by atoms with Gasteiger partial charge in [0, 0.05) is 55.0 Å². The number of ether oxygens (including phenoxy) is 2. The third kappa shape index (κ3) is 5.79. The molecule has 8 rings (SSSR count). The van der Waals surface area contributed by atoms with E-state index in [0.29, 0.717) is 40.5 Å². The molecule has 0 fully saturated rings. The average molecular weight is 677 g/mol. The summed E-state index contributed by atoms with van der Waals surface area (Å²) in [5, 5.41) is 10.0. The van der Waals surface area contributed by atoms with Gasteiger partial charge >= 0.3 is 0 Å². The molecule has 10 heteroatoms. The van der Waals surface area contributed by atoms with Gasteiger partial charge in [0.25, 0.3) is 11.8 Å². The summed E-state index contributed by atoms with van der Waals surface area (Å²) in [6.07, 6.45) is 2.56. The van der Waals surface area contributed by atoms with E-state index in [9.17, 15) is 14.7 Å². The molecule has 0 saturated carbocycles. The molecule has 0 aliphatic carbocycles. The molecule has 9 nitrogen and oxygen atoms in total. The topological polar surface area (TPSA) is 87.5 Å². The van der Waals surface area contributed by atoms with Crippen LogP contribution in [0.25, 0.3) is 5.69 Å². The normalized spacial score (nSPS) is 16.1. The zero-order chi connectivity index (χ0) is 33.1. The van der Waals surface area contributed by atoms with Crippen molar-refractivity contribution in [2.24, 2.45) is 0 Å². The number of fused-ring (bicyclic) bond motifs is 3. The van der Waals surface area contributed by atoms with Crippen molar-refractivity contribution >= 4 is 35.6 Å². The lowest BCUT2D eigenvalue weighted by Crippen LogP contribution is -2.42. The number of amides is 2. The van der Waals surface area contributed by atoms with Crippen LogP contribution in [0.2, 0.25) is 0 Å². The van der Waals surface area contributed by atoms with Crippen molar-refractivity contribution in [3.05, 3.63) is 130 Å². The summed E-state index contributed by atoms with van der Waals surface area (Å²) in [7, 11) is 2.08. The molecule has 1 aromatic heterocycles. The molecule has 49 heavy (non-hydrogen) atoms. The Labute approximate surface area is 291 Å². The maximum Gasteiger partial charge on any atom is 0.264 e. The van der Waals surface area contributed by atoms with Crippen LogP contribution in [-0.2, 0) is 26.1 Å². The second-order valence-corrected chi connectivity index (χ2v) is 13.0. The van der Waals surface area contributed by atoms with E-state index in [-0.39, 0.29) is 42.8 Å². The fraction of sp³-hybridized carbons (Fsp3) is 0.231. The summed E-state index contributed by atoms with van der Waals surface area (Å²) in [4.78, 5) is 34.7. The van der Waals surface area contributed by atoms with Gasteiger partial charge in [0.1, 0.15) is 5.75 Å². The summed E-state index contributed by atoms with van der Waals surface area (Å²) < 4.78 is 13.4. The highest BCUT2D eigenvalue weighted by Gasteiger charge is 2.32. The number of aromatic nitrogens is 1. The Morgan fingerprint density at radius 3 is 2.27 bits per heavy atom. The number of rotatable bonds is 5. The third-order valence-electron chi connectivity index (χ3n) is 9.65. The molecule has 4 heterocycles. The minimum atomic E-state index is -0.233. The van der Waals surface area contributed by atoms with Crippen molar-refractivity contribution in [1.29, 1.82) is 0 Å². The van der Waals surface area contributed by atoms with E-state index >= 15 is 0 Å². The van der Waals surface area contributed by atoms with Gasteiger partial charge in [0.05, 0.1) is 16.8 Å². The lowest BCUT2D eigenvalue weighted by Gasteiger charge is -2.35. The molecule has 5 aromatic rings. The third-order valence-corrected chi connectivity index (χ3v) is 9.65. The molecule has 1 atom stereocenters. The van der Waals surface area contributed by atoms with Crippen LogP contribution in [0.1, 0.15) is 55.6 Å². The Morgan fingerprint density at radius 1 is 0.816 bits per heavy atom. The van der Waals surface area contributed by atoms with Gasteiger partial charge < -0.3 is 24.0 Å². The number of anilines is 2. The van der Waals surface area contributed by atoms with Crippen LogP contribution in [0, 0.1) is 6.92 Å². The molecule has 0 spiro atoms. The van der Waals surface area contributed by atoms with E-state index in [1.165, 1.54) is 16.7 Å². The van der Waals surface area contributed by atoms with Crippen molar-refractivity contribution in [2.45, 2.75) is 45.9 Å². The Balaban J connectivity index is 0.00000378. The number of hydrogen-bond acceptors (Lipinski definition) is 6. The second kappa shape index (κ2) is 12.7. The maximum absolute atomic E-state index is 14.5. The lowest BCUT2D eigenvalue weighted by atomic mass is 9.94. The van der Waals surface area contributed by atoms with Crippen molar-refractivity contribution < 1.29 is 24.2 Å². The largest absolute Gasteiger partial charge is 0.508 e. The molecule has 0 radical (unpaired) electrons. The number of carbonyl (C=O) groups is 2. The van der Waals surface area contributed by atoms with Gasteiger partial charge in [0.15, 0.2) is 11.5 Å². The summed E-state index contributed by atoms with van der Waals surface area (Å²) in [5.74, 6) is 0.849. The number of halogens is 1. The van der Waals surface area contributed by atoms with Crippen LogP contribution in [-0.4, -0.2) is 51.2 Å². The van der Waals surface area contributed by atoms with E-state index in [1.54, 1.807) is 41.4 Å². The Kier molecular flexibility index (Phi) is 8.34. The molecule has 3 aliphatic heterocycles. The zero-order valence-electron chi connectivity index (χ0n) is 27.6.